The second-order valence-corrected chi connectivity index (χ2v) is 25.5. The van der Waals surface area contributed by atoms with Gasteiger partial charge in [-0.05, 0) is 51.4 Å². The molecule has 0 bridgehead atoms. The van der Waals surface area contributed by atoms with Gasteiger partial charge in [0.25, 0.3) is 0 Å². The third kappa shape index (κ3) is 67.1. The molecule has 0 aromatic rings. The lowest BCUT2D eigenvalue weighted by molar-refractivity contribution is -0.161. The van der Waals surface area contributed by atoms with Gasteiger partial charge >= 0.3 is 19.8 Å². The zero-order valence-electron chi connectivity index (χ0n) is 54.2. The number of nitrogens with two attached hydrogens (primary N) is 1. The molecule has 482 valence electrons. The SMILES string of the molecule is CC/C=C\C/C=C\C/C=C\C/C=C\CCCCCCCCCCCCCCCCCCCCCCCCC(=O)OC(COC(=O)CCCCCCCCCCCCCCCCCCCCCCCCCCCC)COP(=O)(O)OCCN. The molecule has 0 radical (unpaired) electrons. The number of unbranched alkanes of at least 4 members (excludes halogenated alkanes) is 47. The molecule has 0 aliphatic carbocycles. The molecule has 0 aliphatic heterocycles. The van der Waals surface area contributed by atoms with Crippen LogP contribution in [0.1, 0.15) is 367 Å². The number of carbonyl (C=O) groups excluding carboxylic acids is 2. The number of esters is 2. The first-order valence-corrected chi connectivity index (χ1v) is 37.1. The number of hydrogen-bond acceptors (Lipinski definition) is 8. The zero-order valence-corrected chi connectivity index (χ0v) is 55.1. The van der Waals surface area contributed by atoms with Gasteiger partial charge in [-0.25, -0.2) is 4.57 Å². The molecule has 0 fully saturated rings. The average molecular weight is 1170 g/mol. The molecule has 2 atom stereocenters. The van der Waals surface area contributed by atoms with E-state index in [1.54, 1.807) is 0 Å². The highest BCUT2D eigenvalue weighted by molar-refractivity contribution is 7.47. The predicted octanol–water partition coefficient (Wildman–Crippen LogP) is 23.3. The summed E-state index contributed by atoms with van der Waals surface area (Å²) in [5.74, 6) is -0.803. The Morgan fingerprint density at radius 1 is 0.378 bits per heavy atom. The van der Waals surface area contributed by atoms with Gasteiger partial charge in [0.15, 0.2) is 6.10 Å². The lowest BCUT2D eigenvalue weighted by Gasteiger charge is -2.19. The van der Waals surface area contributed by atoms with Crippen molar-refractivity contribution >= 4 is 19.8 Å². The largest absolute Gasteiger partial charge is 0.472 e. The Bertz CT molecular complexity index is 1480. The minimum absolute atomic E-state index is 0.0562. The van der Waals surface area contributed by atoms with Crippen LogP contribution in [-0.2, 0) is 32.7 Å². The van der Waals surface area contributed by atoms with Gasteiger partial charge < -0.3 is 20.1 Å². The second kappa shape index (κ2) is 68.1. The lowest BCUT2D eigenvalue weighted by atomic mass is 10.0. The smallest absolute Gasteiger partial charge is 0.462 e. The van der Waals surface area contributed by atoms with Crippen LogP contribution in [0.5, 0.6) is 0 Å². The highest BCUT2D eigenvalue weighted by atomic mass is 31.2. The normalized spacial score (nSPS) is 13.2. The van der Waals surface area contributed by atoms with Crippen LogP contribution in [0, 0.1) is 0 Å². The molecule has 0 saturated carbocycles. The van der Waals surface area contributed by atoms with E-state index in [4.69, 9.17) is 24.3 Å². The van der Waals surface area contributed by atoms with Crippen LogP contribution in [0.4, 0.5) is 0 Å². The molecule has 0 aromatic heterocycles. The molecular formula is C72H136NO8P. The summed E-state index contributed by atoms with van der Waals surface area (Å²) in [4.78, 5) is 35.4. The Hall–Kier alpha value is -2.03. The van der Waals surface area contributed by atoms with Crippen LogP contribution < -0.4 is 5.73 Å². The molecule has 0 spiro atoms. The second-order valence-electron chi connectivity index (χ2n) is 24.1. The van der Waals surface area contributed by atoms with Crippen molar-refractivity contribution in [2.24, 2.45) is 5.73 Å². The number of phosphoric acid groups is 1. The first-order chi connectivity index (χ1) is 40.3. The van der Waals surface area contributed by atoms with E-state index in [0.717, 1.165) is 57.8 Å². The van der Waals surface area contributed by atoms with Crippen molar-refractivity contribution in [1.29, 1.82) is 0 Å². The van der Waals surface area contributed by atoms with Crippen molar-refractivity contribution in [2.45, 2.75) is 373 Å². The summed E-state index contributed by atoms with van der Waals surface area (Å²) in [7, 11) is -4.39. The molecule has 2 unspecified atom stereocenters. The Balaban J connectivity index is 3.80. The lowest BCUT2D eigenvalue weighted by Crippen LogP contribution is -2.29. The maximum Gasteiger partial charge on any atom is 0.472 e. The monoisotopic (exact) mass is 1170 g/mol. The summed E-state index contributed by atoms with van der Waals surface area (Å²) in [6.45, 7) is 3.71. The minimum atomic E-state index is -4.39. The van der Waals surface area contributed by atoms with Gasteiger partial charge in [-0.3, -0.25) is 18.6 Å². The number of hydrogen-bond donors (Lipinski definition) is 2. The summed E-state index contributed by atoms with van der Waals surface area (Å²) in [6.07, 6.45) is 86.5. The van der Waals surface area contributed by atoms with Crippen molar-refractivity contribution in [2.75, 3.05) is 26.4 Å². The first-order valence-electron chi connectivity index (χ1n) is 35.6. The molecule has 3 N–H and O–H groups in total. The molecule has 9 nitrogen and oxygen atoms in total. The van der Waals surface area contributed by atoms with Gasteiger partial charge in [0.1, 0.15) is 6.61 Å². The van der Waals surface area contributed by atoms with Crippen molar-refractivity contribution in [1.82, 2.24) is 0 Å². The fourth-order valence-corrected chi connectivity index (χ4v) is 11.5. The molecule has 0 rings (SSSR count). The van der Waals surface area contributed by atoms with E-state index in [1.807, 2.05) is 0 Å². The number of phosphoric ester groups is 1. The van der Waals surface area contributed by atoms with Gasteiger partial charge in [0, 0.05) is 19.4 Å². The predicted molar refractivity (Wildman–Crippen MR) is 353 cm³/mol. The van der Waals surface area contributed by atoms with E-state index in [9.17, 15) is 19.0 Å². The topological polar surface area (TPSA) is 134 Å². The van der Waals surface area contributed by atoms with E-state index >= 15 is 0 Å². The van der Waals surface area contributed by atoms with Crippen molar-refractivity contribution in [3.63, 3.8) is 0 Å². The Kier molecular flexibility index (Phi) is 66.4. The highest BCUT2D eigenvalue weighted by Gasteiger charge is 2.26. The summed E-state index contributed by atoms with van der Waals surface area (Å²) >= 11 is 0. The van der Waals surface area contributed by atoms with Gasteiger partial charge in [-0.2, -0.15) is 0 Å². The van der Waals surface area contributed by atoms with E-state index < -0.39 is 26.5 Å². The van der Waals surface area contributed by atoms with Crippen LogP contribution in [-0.4, -0.2) is 49.3 Å². The van der Waals surface area contributed by atoms with Crippen LogP contribution in [0.25, 0.3) is 0 Å². The molecule has 0 heterocycles. The molecular weight excluding hydrogens is 1040 g/mol. The van der Waals surface area contributed by atoms with Gasteiger partial charge in [0.2, 0.25) is 0 Å². The average Bonchev–Trinajstić information content (AvgIpc) is 3.49. The first kappa shape index (κ1) is 80.0. The number of rotatable bonds is 68. The fraction of sp³-hybridized carbons (Fsp3) is 0.861. The van der Waals surface area contributed by atoms with Crippen LogP contribution in [0.2, 0.25) is 0 Å². The number of allylic oxidation sites excluding steroid dienone is 8. The maximum absolute atomic E-state index is 12.8. The van der Waals surface area contributed by atoms with Gasteiger partial charge in [0.05, 0.1) is 13.2 Å². The Morgan fingerprint density at radius 3 is 1.00 bits per heavy atom. The van der Waals surface area contributed by atoms with Crippen LogP contribution in [0.3, 0.4) is 0 Å². The van der Waals surface area contributed by atoms with Crippen molar-refractivity contribution < 1.29 is 37.6 Å². The summed E-state index contributed by atoms with van der Waals surface area (Å²) in [6, 6.07) is 0. The maximum atomic E-state index is 12.8. The van der Waals surface area contributed by atoms with Crippen molar-refractivity contribution in [3.8, 4) is 0 Å². The molecule has 82 heavy (non-hydrogen) atoms. The summed E-state index contributed by atoms with van der Waals surface area (Å²) in [5, 5.41) is 0. The van der Waals surface area contributed by atoms with Gasteiger partial charge in [-0.15, -0.1) is 0 Å². The molecule has 0 amide bonds. The quantitative estimate of drug-likeness (QED) is 0.0264. The van der Waals surface area contributed by atoms with E-state index in [1.165, 1.54) is 276 Å². The van der Waals surface area contributed by atoms with Crippen LogP contribution in [0.15, 0.2) is 48.6 Å². The third-order valence-corrected chi connectivity index (χ3v) is 17.0. The molecule has 0 saturated heterocycles. The number of ether oxygens (including phenoxy) is 2. The summed E-state index contributed by atoms with van der Waals surface area (Å²) < 4.78 is 33.2. The number of carbonyl (C=O) groups is 2. The van der Waals surface area contributed by atoms with Crippen LogP contribution >= 0.6 is 7.82 Å². The standard InChI is InChI=1S/C72H136NO8P/c1-3-5-7-9-11-13-15-17-19-21-23-25-27-29-31-32-33-34-35-36-37-38-39-41-43-45-47-49-51-53-55-57-59-61-63-65-72(75)81-70(69-80-82(76,77)79-67-66-73)68-78-71(74)64-62-60-58-56-54-52-50-48-46-44-42-40-30-28-26-24-22-20-18-16-14-12-10-8-6-4-2/h5,7,11,13,17,19,23,25,70H,3-4,6,8-10,12,14-16,18,20-22,24,26-69,73H2,1-2H3,(H,76,77)/b7-5-,13-11-,19-17-,25-23-. The van der Waals surface area contributed by atoms with Gasteiger partial charge in [-0.1, -0.05) is 351 Å². The van der Waals surface area contributed by atoms with E-state index in [-0.39, 0.29) is 38.6 Å². The van der Waals surface area contributed by atoms with Crippen molar-refractivity contribution in [3.05, 3.63) is 48.6 Å². The summed E-state index contributed by atoms with van der Waals surface area (Å²) in [5.41, 5.74) is 5.40. The zero-order chi connectivity index (χ0) is 59.4. The molecule has 10 heteroatoms. The molecule has 0 aromatic carbocycles. The Morgan fingerprint density at radius 2 is 0.671 bits per heavy atom. The molecule has 0 aliphatic rings. The highest BCUT2D eigenvalue weighted by Crippen LogP contribution is 2.43. The fourth-order valence-electron chi connectivity index (χ4n) is 10.8. The third-order valence-electron chi connectivity index (χ3n) is 16.0. The van der Waals surface area contributed by atoms with E-state index in [0.29, 0.717) is 6.42 Å². The Labute approximate surface area is 508 Å². The minimum Gasteiger partial charge on any atom is -0.462 e. The van der Waals surface area contributed by atoms with E-state index in [2.05, 4.69) is 62.5 Å².